The molecule has 13 heavy (non-hydrogen) atoms. The van der Waals surface area contributed by atoms with Crippen molar-refractivity contribution in [3.05, 3.63) is 42.5 Å². The van der Waals surface area contributed by atoms with E-state index in [9.17, 15) is 0 Å². The topological polar surface area (TPSA) is 38.0 Å². The highest BCUT2D eigenvalue weighted by Gasteiger charge is 2.08. The standard InChI is InChI=1S/C10H14N2S/c1-3-9(12-11)8-6-4-5-7-10(8)13-2/h3-7,9,12H,1,11H2,2H3. The molecule has 0 saturated carbocycles. The van der Waals surface area contributed by atoms with Crippen LogP contribution in [-0.2, 0) is 0 Å². The summed E-state index contributed by atoms with van der Waals surface area (Å²) in [5.74, 6) is 5.41. The highest BCUT2D eigenvalue weighted by Crippen LogP contribution is 2.25. The molecule has 0 radical (unpaired) electrons. The van der Waals surface area contributed by atoms with Gasteiger partial charge in [0.15, 0.2) is 0 Å². The van der Waals surface area contributed by atoms with Crippen molar-refractivity contribution in [1.82, 2.24) is 5.43 Å². The highest BCUT2D eigenvalue weighted by molar-refractivity contribution is 7.98. The van der Waals surface area contributed by atoms with Gasteiger partial charge < -0.3 is 0 Å². The first-order valence-corrected chi connectivity index (χ1v) is 5.27. The molecule has 0 amide bonds. The zero-order chi connectivity index (χ0) is 9.68. The molecule has 70 valence electrons. The first-order valence-electron chi connectivity index (χ1n) is 4.05. The minimum absolute atomic E-state index is 0.0312. The van der Waals surface area contributed by atoms with Crippen molar-refractivity contribution < 1.29 is 0 Å². The number of hydrogen-bond acceptors (Lipinski definition) is 3. The van der Waals surface area contributed by atoms with Gasteiger partial charge in [-0.1, -0.05) is 24.3 Å². The van der Waals surface area contributed by atoms with Crippen LogP contribution in [0.4, 0.5) is 0 Å². The Morgan fingerprint density at radius 3 is 2.77 bits per heavy atom. The smallest absolute Gasteiger partial charge is 0.0649 e. The third-order valence-electron chi connectivity index (χ3n) is 1.89. The molecule has 1 atom stereocenters. The number of hydrogen-bond donors (Lipinski definition) is 2. The summed E-state index contributed by atoms with van der Waals surface area (Å²) in [6.45, 7) is 3.73. The van der Waals surface area contributed by atoms with E-state index in [1.54, 1.807) is 17.8 Å². The molecule has 3 N–H and O–H groups in total. The number of benzene rings is 1. The molecule has 0 aliphatic rings. The van der Waals surface area contributed by atoms with Crippen LogP contribution in [0.2, 0.25) is 0 Å². The Morgan fingerprint density at radius 1 is 1.54 bits per heavy atom. The molecule has 0 heterocycles. The summed E-state index contributed by atoms with van der Waals surface area (Å²) in [4.78, 5) is 1.23. The van der Waals surface area contributed by atoms with E-state index in [-0.39, 0.29) is 6.04 Å². The summed E-state index contributed by atoms with van der Waals surface area (Å²) < 4.78 is 0. The Balaban J connectivity index is 3.03. The number of rotatable bonds is 4. The number of thioether (sulfide) groups is 1. The molecule has 0 aromatic heterocycles. The van der Waals surface area contributed by atoms with E-state index in [2.05, 4.69) is 30.4 Å². The van der Waals surface area contributed by atoms with Crippen LogP contribution >= 0.6 is 11.8 Å². The summed E-state index contributed by atoms with van der Waals surface area (Å²) in [7, 11) is 0. The lowest BCUT2D eigenvalue weighted by atomic mass is 10.1. The Labute approximate surface area is 83.2 Å². The lowest BCUT2D eigenvalue weighted by Crippen LogP contribution is -2.26. The van der Waals surface area contributed by atoms with Crippen LogP contribution in [0, 0.1) is 0 Å². The van der Waals surface area contributed by atoms with Crippen molar-refractivity contribution in [1.29, 1.82) is 0 Å². The Hall–Kier alpha value is -0.770. The number of nitrogens with two attached hydrogens (primary N) is 1. The first kappa shape index (κ1) is 10.3. The molecule has 0 fully saturated rings. The maximum absolute atomic E-state index is 5.41. The fourth-order valence-corrected chi connectivity index (χ4v) is 1.85. The molecule has 1 rings (SSSR count). The van der Waals surface area contributed by atoms with Gasteiger partial charge in [-0.15, -0.1) is 18.3 Å². The molecule has 0 saturated heterocycles. The molecule has 2 nitrogen and oxygen atoms in total. The Morgan fingerprint density at radius 2 is 2.23 bits per heavy atom. The summed E-state index contributed by atoms with van der Waals surface area (Å²) >= 11 is 1.71. The van der Waals surface area contributed by atoms with E-state index in [4.69, 9.17) is 5.84 Å². The zero-order valence-corrected chi connectivity index (χ0v) is 8.47. The van der Waals surface area contributed by atoms with Gasteiger partial charge in [0, 0.05) is 4.90 Å². The maximum Gasteiger partial charge on any atom is 0.0649 e. The van der Waals surface area contributed by atoms with E-state index in [0.717, 1.165) is 0 Å². The van der Waals surface area contributed by atoms with E-state index >= 15 is 0 Å². The van der Waals surface area contributed by atoms with Crippen molar-refractivity contribution in [2.75, 3.05) is 6.26 Å². The maximum atomic E-state index is 5.41. The van der Waals surface area contributed by atoms with Gasteiger partial charge in [-0.25, -0.2) is 5.43 Å². The van der Waals surface area contributed by atoms with Crippen molar-refractivity contribution in [2.24, 2.45) is 5.84 Å². The molecule has 0 spiro atoms. The fraction of sp³-hybridized carbons (Fsp3) is 0.200. The SMILES string of the molecule is C=CC(NN)c1ccccc1SC. The molecule has 0 bridgehead atoms. The Bertz CT molecular complexity index is 286. The fourth-order valence-electron chi connectivity index (χ4n) is 1.21. The molecular formula is C10H14N2S. The van der Waals surface area contributed by atoms with Crippen LogP contribution in [0.15, 0.2) is 41.8 Å². The summed E-state index contributed by atoms with van der Waals surface area (Å²) in [6, 6.07) is 8.18. The molecule has 1 unspecified atom stereocenters. The molecular weight excluding hydrogens is 180 g/mol. The molecule has 0 aliphatic heterocycles. The summed E-state index contributed by atoms with van der Waals surface area (Å²) in [5, 5.41) is 0. The van der Waals surface area contributed by atoms with Crippen LogP contribution in [0.1, 0.15) is 11.6 Å². The zero-order valence-electron chi connectivity index (χ0n) is 7.66. The van der Waals surface area contributed by atoms with Gasteiger partial charge >= 0.3 is 0 Å². The van der Waals surface area contributed by atoms with E-state index in [1.165, 1.54) is 10.5 Å². The van der Waals surface area contributed by atoms with Crippen LogP contribution in [0.25, 0.3) is 0 Å². The lowest BCUT2D eigenvalue weighted by Gasteiger charge is -2.14. The first-order chi connectivity index (χ1) is 6.33. The monoisotopic (exact) mass is 194 g/mol. The normalized spacial score (nSPS) is 12.5. The Kier molecular flexibility index (Phi) is 4.02. The van der Waals surface area contributed by atoms with Gasteiger partial charge in [-0.3, -0.25) is 5.84 Å². The van der Waals surface area contributed by atoms with Crippen LogP contribution in [0.3, 0.4) is 0 Å². The van der Waals surface area contributed by atoms with Gasteiger partial charge in [0.2, 0.25) is 0 Å². The third kappa shape index (κ3) is 2.34. The van der Waals surface area contributed by atoms with Crippen molar-refractivity contribution in [2.45, 2.75) is 10.9 Å². The van der Waals surface area contributed by atoms with Crippen LogP contribution in [0.5, 0.6) is 0 Å². The van der Waals surface area contributed by atoms with Crippen molar-refractivity contribution in [3.8, 4) is 0 Å². The van der Waals surface area contributed by atoms with Gasteiger partial charge in [0.05, 0.1) is 6.04 Å². The highest BCUT2D eigenvalue weighted by atomic mass is 32.2. The van der Waals surface area contributed by atoms with Gasteiger partial charge in [-0.05, 0) is 17.9 Å². The summed E-state index contributed by atoms with van der Waals surface area (Å²) in [5.41, 5.74) is 3.88. The molecule has 3 heteroatoms. The average Bonchev–Trinajstić information content (AvgIpc) is 2.20. The van der Waals surface area contributed by atoms with Crippen molar-refractivity contribution >= 4 is 11.8 Å². The third-order valence-corrected chi connectivity index (χ3v) is 2.70. The molecule has 1 aromatic carbocycles. The second kappa shape index (κ2) is 5.07. The predicted molar refractivity (Wildman–Crippen MR) is 58.5 cm³/mol. The van der Waals surface area contributed by atoms with Crippen molar-refractivity contribution in [3.63, 3.8) is 0 Å². The van der Waals surface area contributed by atoms with Gasteiger partial charge in [0.1, 0.15) is 0 Å². The molecule has 0 aliphatic carbocycles. The summed E-state index contributed by atoms with van der Waals surface area (Å²) in [6.07, 6.45) is 3.85. The van der Waals surface area contributed by atoms with Crippen LogP contribution in [-0.4, -0.2) is 6.26 Å². The predicted octanol–water partition coefficient (Wildman–Crippen LogP) is 2.10. The second-order valence-electron chi connectivity index (χ2n) is 2.62. The van der Waals surface area contributed by atoms with E-state index < -0.39 is 0 Å². The quantitative estimate of drug-likeness (QED) is 0.333. The lowest BCUT2D eigenvalue weighted by molar-refractivity contribution is 0.647. The number of hydrazine groups is 1. The van der Waals surface area contributed by atoms with Crippen LogP contribution < -0.4 is 11.3 Å². The minimum atomic E-state index is 0.0312. The minimum Gasteiger partial charge on any atom is -0.271 e. The largest absolute Gasteiger partial charge is 0.271 e. The van der Waals surface area contributed by atoms with Gasteiger partial charge in [0.25, 0.3) is 0 Å². The number of nitrogens with one attached hydrogen (secondary N) is 1. The van der Waals surface area contributed by atoms with E-state index in [0.29, 0.717) is 0 Å². The van der Waals surface area contributed by atoms with E-state index in [1.807, 2.05) is 12.1 Å². The average molecular weight is 194 g/mol. The molecule has 1 aromatic rings. The second-order valence-corrected chi connectivity index (χ2v) is 3.47. The van der Waals surface area contributed by atoms with Gasteiger partial charge in [-0.2, -0.15) is 0 Å².